The zero-order valence-corrected chi connectivity index (χ0v) is 10.2. The lowest BCUT2D eigenvalue weighted by Gasteiger charge is -2.18. The van der Waals surface area contributed by atoms with Crippen molar-refractivity contribution in [2.24, 2.45) is 0 Å². The third kappa shape index (κ3) is 4.59. The number of alkyl halides is 3. The monoisotopic (exact) mass is 267 g/mol. The number of halogens is 3. The minimum Gasteiger partial charge on any atom is -0.329 e. The SMILES string of the molecule is Cc1ncsc1CN(C)C(=O)NCC(F)(F)F. The quantitative estimate of drug-likeness (QED) is 0.912. The van der Waals surface area contributed by atoms with Crippen molar-refractivity contribution in [2.75, 3.05) is 13.6 Å². The number of aryl methyl sites for hydroxylation is 1. The van der Waals surface area contributed by atoms with Crippen LogP contribution >= 0.6 is 11.3 Å². The lowest BCUT2D eigenvalue weighted by molar-refractivity contribution is -0.123. The van der Waals surface area contributed by atoms with E-state index in [4.69, 9.17) is 0 Å². The van der Waals surface area contributed by atoms with Crippen molar-refractivity contribution >= 4 is 17.4 Å². The normalized spacial score (nSPS) is 11.4. The van der Waals surface area contributed by atoms with Crippen molar-refractivity contribution in [3.05, 3.63) is 16.1 Å². The first-order valence-electron chi connectivity index (χ1n) is 4.74. The molecule has 1 aromatic heterocycles. The Morgan fingerprint density at radius 3 is 2.71 bits per heavy atom. The highest BCUT2D eigenvalue weighted by Gasteiger charge is 2.28. The van der Waals surface area contributed by atoms with Gasteiger partial charge in [0.15, 0.2) is 0 Å². The van der Waals surface area contributed by atoms with Gasteiger partial charge in [0.2, 0.25) is 0 Å². The summed E-state index contributed by atoms with van der Waals surface area (Å²) in [5.74, 6) is 0. The molecular formula is C9H12F3N3OS. The Kier molecular flexibility index (Phi) is 4.33. The van der Waals surface area contributed by atoms with Gasteiger partial charge in [0.05, 0.1) is 17.7 Å². The molecule has 0 saturated carbocycles. The number of aromatic nitrogens is 1. The van der Waals surface area contributed by atoms with Gasteiger partial charge < -0.3 is 10.2 Å². The highest BCUT2D eigenvalue weighted by Crippen LogP contribution is 2.15. The number of rotatable bonds is 3. The Morgan fingerprint density at radius 1 is 1.59 bits per heavy atom. The van der Waals surface area contributed by atoms with Crippen molar-refractivity contribution in [3.63, 3.8) is 0 Å². The van der Waals surface area contributed by atoms with Crippen molar-refractivity contribution in [1.29, 1.82) is 0 Å². The number of nitrogens with one attached hydrogen (secondary N) is 1. The van der Waals surface area contributed by atoms with Gasteiger partial charge in [0.1, 0.15) is 6.54 Å². The largest absolute Gasteiger partial charge is 0.405 e. The Bertz CT molecular complexity index is 391. The van der Waals surface area contributed by atoms with Gasteiger partial charge in [0, 0.05) is 11.9 Å². The van der Waals surface area contributed by atoms with E-state index in [1.165, 1.54) is 23.3 Å². The second kappa shape index (κ2) is 5.35. The number of carbonyl (C=O) groups is 1. The van der Waals surface area contributed by atoms with E-state index in [2.05, 4.69) is 4.98 Å². The van der Waals surface area contributed by atoms with Crippen molar-refractivity contribution in [1.82, 2.24) is 15.2 Å². The number of urea groups is 1. The first-order chi connectivity index (χ1) is 7.79. The van der Waals surface area contributed by atoms with E-state index in [-0.39, 0.29) is 6.54 Å². The first kappa shape index (κ1) is 13.8. The minimum atomic E-state index is -4.39. The number of hydrogen-bond acceptors (Lipinski definition) is 3. The van der Waals surface area contributed by atoms with E-state index in [1.54, 1.807) is 17.8 Å². The minimum absolute atomic E-state index is 0.250. The number of hydrogen-bond donors (Lipinski definition) is 1. The summed E-state index contributed by atoms with van der Waals surface area (Å²) in [6.45, 7) is 0.714. The van der Waals surface area contributed by atoms with Gasteiger partial charge in [0.25, 0.3) is 0 Å². The third-order valence-electron chi connectivity index (χ3n) is 2.01. The molecule has 0 aliphatic carbocycles. The average molecular weight is 267 g/mol. The molecule has 0 saturated heterocycles. The van der Waals surface area contributed by atoms with Crippen LogP contribution in [0.5, 0.6) is 0 Å². The molecule has 0 aliphatic heterocycles. The fourth-order valence-corrected chi connectivity index (χ4v) is 1.91. The molecule has 1 heterocycles. The number of thiazole rings is 1. The van der Waals surface area contributed by atoms with Gasteiger partial charge >= 0.3 is 12.2 Å². The van der Waals surface area contributed by atoms with Crippen LogP contribution in [0.1, 0.15) is 10.6 Å². The van der Waals surface area contributed by atoms with Gasteiger partial charge in [-0.3, -0.25) is 0 Å². The molecule has 0 unspecified atom stereocenters. The highest BCUT2D eigenvalue weighted by atomic mass is 32.1. The second-order valence-corrected chi connectivity index (χ2v) is 4.43. The van der Waals surface area contributed by atoms with E-state index in [0.29, 0.717) is 0 Å². The van der Waals surface area contributed by atoms with Gasteiger partial charge in [-0.2, -0.15) is 13.2 Å². The molecule has 96 valence electrons. The summed E-state index contributed by atoms with van der Waals surface area (Å²) in [6, 6.07) is -0.755. The van der Waals surface area contributed by atoms with Crippen molar-refractivity contribution in [2.45, 2.75) is 19.6 Å². The van der Waals surface area contributed by atoms with Crippen LogP contribution < -0.4 is 5.32 Å². The fraction of sp³-hybridized carbons (Fsp3) is 0.556. The number of amides is 2. The summed E-state index contributed by atoms with van der Waals surface area (Å²) in [5.41, 5.74) is 2.41. The molecule has 8 heteroatoms. The zero-order valence-electron chi connectivity index (χ0n) is 9.34. The highest BCUT2D eigenvalue weighted by molar-refractivity contribution is 7.09. The molecule has 0 aliphatic rings. The first-order valence-corrected chi connectivity index (χ1v) is 5.62. The summed E-state index contributed by atoms with van der Waals surface area (Å²) in [6.07, 6.45) is -4.39. The topological polar surface area (TPSA) is 45.2 Å². The Labute approximate surface area is 100 Å². The number of nitrogens with zero attached hydrogens (tertiary/aromatic N) is 2. The van der Waals surface area contributed by atoms with Crippen LogP contribution in [-0.4, -0.2) is 35.7 Å². The van der Waals surface area contributed by atoms with Crippen LogP contribution in [0.2, 0.25) is 0 Å². The van der Waals surface area contributed by atoms with Crippen molar-refractivity contribution < 1.29 is 18.0 Å². The Balaban J connectivity index is 2.45. The molecule has 1 rings (SSSR count). The Morgan fingerprint density at radius 2 is 2.24 bits per heavy atom. The number of carbonyl (C=O) groups excluding carboxylic acids is 1. The summed E-state index contributed by atoms with van der Waals surface area (Å²) >= 11 is 1.36. The predicted octanol–water partition coefficient (Wildman–Crippen LogP) is 2.16. The Hall–Kier alpha value is -1.31. The molecule has 0 spiro atoms. The van der Waals surface area contributed by atoms with Crippen LogP contribution in [0.25, 0.3) is 0 Å². The maximum Gasteiger partial charge on any atom is 0.405 e. The zero-order chi connectivity index (χ0) is 13.1. The molecule has 0 bridgehead atoms. The molecule has 0 atom stereocenters. The predicted molar refractivity (Wildman–Crippen MR) is 57.8 cm³/mol. The maximum absolute atomic E-state index is 11.9. The van der Waals surface area contributed by atoms with Gasteiger partial charge in [-0.15, -0.1) is 11.3 Å². The van der Waals surface area contributed by atoms with Crippen LogP contribution in [0, 0.1) is 6.92 Å². The molecule has 1 aromatic rings. The summed E-state index contributed by atoms with van der Waals surface area (Å²) in [4.78, 5) is 17.4. The molecule has 4 nitrogen and oxygen atoms in total. The standard InChI is InChI=1S/C9H12F3N3OS/c1-6-7(17-5-14-6)3-15(2)8(16)13-4-9(10,11)12/h5H,3-4H2,1-2H3,(H,13,16). The van der Waals surface area contributed by atoms with Gasteiger partial charge in [-0.1, -0.05) is 0 Å². The smallest absolute Gasteiger partial charge is 0.329 e. The molecule has 0 aromatic carbocycles. The average Bonchev–Trinajstić information content (AvgIpc) is 2.59. The third-order valence-corrected chi connectivity index (χ3v) is 2.93. The molecule has 0 radical (unpaired) electrons. The lowest BCUT2D eigenvalue weighted by Crippen LogP contribution is -2.41. The lowest BCUT2D eigenvalue weighted by atomic mass is 10.4. The molecular weight excluding hydrogens is 255 g/mol. The maximum atomic E-state index is 11.9. The summed E-state index contributed by atoms with van der Waals surface area (Å²) in [5, 5.41) is 1.80. The van der Waals surface area contributed by atoms with E-state index in [9.17, 15) is 18.0 Å². The van der Waals surface area contributed by atoms with E-state index in [1.807, 2.05) is 0 Å². The fourth-order valence-electron chi connectivity index (χ4n) is 1.08. The molecule has 2 amide bonds. The van der Waals surface area contributed by atoms with Gasteiger partial charge in [-0.25, -0.2) is 9.78 Å². The molecule has 17 heavy (non-hydrogen) atoms. The van der Waals surface area contributed by atoms with Gasteiger partial charge in [-0.05, 0) is 6.92 Å². The van der Waals surface area contributed by atoms with Crippen molar-refractivity contribution in [3.8, 4) is 0 Å². The molecule has 1 N–H and O–H groups in total. The van der Waals surface area contributed by atoms with Crippen LogP contribution in [-0.2, 0) is 6.54 Å². The molecule has 0 fully saturated rings. The van der Waals surface area contributed by atoms with Crippen LogP contribution in [0.15, 0.2) is 5.51 Å². The summed E-state index contributed by atoms with van der Waals surface area (Å²) in [7, 11) is 1.44. The van der Waals surface area contributed by atoms with Crippen LogP contribution in [0.3, 0.4) is 0 Å². The second-order valence-electron chi connectivity index (χ2n) is 3.49. The van der Waals surface area contributed by atoms with E-state index in [0.717, 1.165) is 10.6 Å². The summed E-state index contributed by atoms with van der Waals surface area (Å²) < 4.78 is 35.6. The van der Waals surface area contributed by atoms with E-state index >= 15 is 0 Å². The van der Waals surface area contributed by atoms with Crippen LogP contribution in [0.4, 0.5) is 18.0 Å². The van der Waals surface area contributed by atoms with E-state index < -0.39 is 18.8 Å².